The molecule has 0 unspecified atom stereocenters. The van der Waals surface area contributed by atoms with E-state index < -0.39 is 5.91 Å². The Bertz CT molecular complexity index is 1430. The molecule has 7 heteroatoms. The van der Waals surface area contributed by atoms with Crippen LogP contribution in [0.25, 0.3) is 6.08 Å². The zero-order chi connectivity index (χ0) is 26.0. The molecule has 0 fully saturated rings. The lowest BCUT2D eigenvalue weighted by molar-refractivity contribution is -0.112. The summed E-state index contributed by atoms with van der Waals surface area (Å²) in [7, 11) is 0. The first-order chi connectivity index (χ1) is 18.0. The van der Waals surface area contributed by atoms with Crippen LogP contribution >= 0.6 is 11.6 Å². The van der Waals surface area contributed by atoms with Gasteiger partial charge in [0.1, 0.15) is 42.2 Å². The third kappa shape index (κ3) is 7.44. The standard InChI is InChI=1S/C30H22ClFN2O3/c31-25-9-5-21(6-10-25)19-36-28-15-13-27(14-16-28)34-30(35)24(18-33)17-23-3-1-2-4-29(23)37-20-22-7-11-26(32)12-8-22/h1-17H,19-20H2,(H,34,35)/b24-17+. The van der Waals surface area contributed by atoms with Gasteiger partial charge in [0.25, 0.3) is 5.91 Å². The number of nitriles is 1. The third-order valence-corrected chi connectivity index (χ3v) is 5.57. The largest absolute Gasteiger partial charge is 0.489 e. The lowest BCUT2D eigenvalue weighted by Gasteiger charge is -2.10. The number of carbonyl (C=O) groups is 1. The lowest BCUT2D eigenvalue weighted by atomic mass is 10.1. The highest BCUT2D eigenvalue weighted by Gasteiger charge is 2.12. The Labute approximate surface area is 219 Å². The number of halogens is 2. The van der Waals surface area contributed by atoms with E-state index in [9.17, 15) is 14.4 Å². The van der Waals surface area contributed by atoms with Gasteiger partial charge in [-0.15, -0.1) is 0 Å². The number of para-hydroxylation sites is 1. The van der Waals surface area contributed by atoms with Crippen molar-refractivity contribution in [2.75, 3.05) is 5.32 Å². The Morgan fingerprint density at radius 1 is 0.865 bits per heavy atom. The van der Waals surface area contributed by atoms with Crippen LogP contribution in [0.3, 0.4) is 0 Å². The predicted octanol–water partition coefficient (Wildman–Crippen LogP) is 7.18. The fraction of sp³-hybridized carbons (Fsp3) is 0.0667. The van der Waals surface area contributed by atoms with Crippen LogP contribution in [0.4, 0.5) is 10.1 Å². The van der Waals surface area contributed by atoms with Gasteiger partial charge >= 0.3 is 0 Å². The van der Waals surface area contributed by atoms with E-state index in [1.165, 1.54) is 18.2 Å². The molecular formula is C30H22ClFN2O3. The summed E-state index contributed by atoms with van der Waals surface area (Å²) in [5, 5.41) is 13.0. The van der Waals surface area contributed by atoms with Gasteiger partial charge in [0.15, 0.2) is 0 Å². The number of anilines is 1. The fourth-order valence-corrected chi connectivity index (χ4v) is 3.48. The van der Waals surface area contributed by atoms with Gasteiger partial charge < -0.3 is 14.8 Å². The molecule has 4 aromatic carbocycles. The molecule has 0 atom stereocenters. The predicted molar refractivity (Wildman–Crippen MR) is 142 cm³/mol. The van der Waals surface area contributed by atoms with Crippen molar-refractivity contribution in [3.8, 4) is 17.6 Å². The van der Waals surface area contributed by atoms with Gasteiger partial charge in [0, 0.05) is 16.3 Å². The average Bonchev–Trinajstić information content (AvgIpc) is 2.92. The number of ether oxygens (including phenoxy) is 2. The SMILES string of the molecule is N#C/C(=C\c1ccccc1OCc1ccc(F)cc1)C(=O)Nc1ccc(OCc2ccc(Cl)cc2)cc1. The van der Waals surface area contributed by atoms with E-state index in [0.29, 0.717) is 34.4 Å². The molecule has 0 bridgehead atoms. The number of nitrogens with one attached hydrogen (secondary N) is 1. The van der Waals surface area contributed by atoms with Crippen LogP contribution in [0.15, 0.2) is 103 Å². The molecule has 0 aromatic heterocycles. The maximum atomic E-state index is 13.1. The Morgan fingerprint density at radius 3 is 2.16 bits per heavy atom. The van der Waals surface area contributed by atoms with Crippen LogP contribution in [-0.4, -0.2) is 5.91 Å². The minimum absolute atomic E-state index is 0.0825. The highest BCUT2D eigenvalue weighted by atomic mass is 35.5. The van der Waals surface area contributed by atoms with Gasteiger partial charge in [0.2, 0.25) is 0 Å². The molecule has 0 radical (unpaired) electrons. The van der Waals surface area contributed by atoms with E-state index in [-0.39, 0.29) is 18.0 Å². The number of rotatable bonds is 9. The zero-order valence-corrected chi connectivity index (χ0v) is 20.4. The van der Waals surface area contributed by atoms with Crippen LogP contribution in [0.5, 0.6) is 11.5 Å². The summed E-state index contributed by atoms with van der Waals surface area (Å²) in [6.45, 7) is 0.596. The van der Waals surface area contributed by atoms with Crippen LogP contribution in [-0.2, 0) is 18.0 Å². The minimum Gasteiger partial charge on any atom is -0.489 e. The Morgan fingerprint density at radius 2 is 1.49 bits per heavy atom. The van der Waals surface area contributed by atoms with Crippen molar-refractivity contribution in [3.05, 3.63) is 130 Å². The fourth-order valence-electron chi connectivity index (χ4n) is 3.36. The molecule has 37 heavy (non-hydrogen) atoms. The Balaban J connectivity index is 1.38. The lowest BCUT2D eigenvalue weighted by Crippen LogP contribution is -2.13. The molecule has 4 rings (SSSR count). The van der Waals surface area contributed by atoms with Crippen LogP contribution in [0.1, 0.15) is 16.7 Å². The summed E-state index contributed by atoms with van der Waals surface area (Å²) in [5.74, 6) is 0.258. The maximum Gasteiger partial charge on any atom is 0.266 e. The van der Waals surface area contributed by atoms with Crippen molar-refractivity contribution in [2.24, 2.45) is 0 Å². The first-order valence-electron chi connectivity index (χ1n) is 11.4. The summed E-state index contributed by atoms with van der Waals surface area (Å²) in [5.41, 5.74) is 2.78. The van der Waals surface area contributed by atoms with Gasteiger partial charge in [-0.05, 0) is 71.8 Å². The third-order valence-electron chi connectivity index (χ3n) is 5.32. The van der Waals surface area contributed by atoms with Gasteiger partial charge in [0.05, 0.1) is 0 Å². The molecular weight excluding hydrogens is 491 g/mol. The Hall–Kier alpha value is -4.60. The van der Waals surface area contributed by atoms with Crippen molar-refractivity contribution in [1.29, 1.82) is 5.26 Å². The van der Waals surface area contributed by atoms with Crippen LogP contribution < -0.4 is 14.8 Å². The maximum absolute atomic E-state index is 13.1. The molecule has 5 nitrogen and oxygen atoms in total. The molecule has 0 aliphatic rings. The highest BCUT2D eigenvalue weighted by molar-refractivity contribution is 6.30. The Kier molecular flexibility index (Phi) is 8.53. The quantitative estimate of drug-likeness (QED) is 0.190. The topological polar surface area (TPSA) is 71.3 Å². The number of benzene rings is 4. The molecule has 0 aliphatic heterocycles. The van der Waals surface area contributed by atoms with E-state index in [2.05, 4.69) is 5.32 Å². The summed E-state index contributed by atoms with van der Waals surface area (Å²) in [4.78, 5) is 12.8. The van der Waals surface area contributed by atoms with E-state index in [1.807, 2.05) is 18.2 Å². The van der Waals surface area contributed by atoms with E-state index >= 15 is 0 Å². The van der Waals surface area contributed by atoms with Gasteiger partial charge in [-0.3, -0.25) is 4.79 Å². The van der Waals surface area contributed by atoms with Gasteiger partial charge in [-0.25, -0.2) is 4.39 Å². The molecule has 0 saturated carbocycles. The number of amides is 1. The van der Waals surface area contributed by atoms with Gasteiger partial charge in [-0.1, -0.05) is 54.1 Å². The molecule has 0 heterocycles. The first kappa shape index (κ1) is 25.5. The molecule has 0 aliphatic carbocycles. The van der Waals surface area contributed by atoms with Crippen molar-refractivity contribution in [1.82, 2.24) is 0 Å². The van der Waals surface area contributed by atoms with Crippen molar-refractivity contribution in [3.63, 3.8) is 0 Å². The van der Waals surface area contributed by atoms with Gasteiger partial charge in [-0.2, -0.15) is 5.26 Å². The second-order valence-electron chi connectivity index (χ2n) is 8.02. The minimum atomic E-state index is -0.550. The molecule has 0 spiro atoms. The van der Waals surface area contributed by atoms with Crippen molar-refractivity contribution >= 4 is 29.3 Å². The molecule has 0 saturated heterocycles. The molecule has 184 valence electrons. The van der Waals surface area contributed by atoms with Crippen molar-refractivity contribution < 1.29 is 18.7 Å². The molecule has 1 amide bonds. The second kappa shape index (κ2) is 12.4. The highest BCUT2D eigenvalue weighted by Crippen LogP contribution is 2.23. The number of nitrogens with zero attached hydrogens (tertiary/aromatic N) is 1. The summed E-state index contributed by atoms with van der Waals surface area (Å²) in [6.07, 6.45) is 1.47. The van der Waals surface area contributed by atoms with Crippen LogP contribution in [0, 0.1) is 17.1 Å². The normalized spacial score (nSPS) is 10.9. The first-order valence-corrected chi connectivity index (χ1v) is 11.7. The van der Waals surface area contributed by atoms with E-state index in [1.54, 1.807) is 72.8 Å². The number of carbonyl (C=O) groups excluding carboxylic acids is 1. The van der Waals surface area contributed by atoms with Crippen LogP contribution in [0.2, 0.25) is 5.02 Å². The molecule has 4 aromatic rings. The number of hydrogen-bond acceptors (Lipinski definition) is 4. The average molecular weight is 513 g/mol. The van der Waals surface area contributed by atoms with E-state index in [4.69, 9.17) is 21.1 Å². The number of hydrogen-bond donors (Lipinski definition) is 1. The summed E-state index contributed by atoms with van der Waals surface area (Å²) in [6, 6.07) is 29.3. The van der Waals surface area contributed by atoms with Crippen molar-refractivity contribution in [2.45, 2.75) is 13.2 Å². The second-order valence-corrected chi connectivity index (χ2v) is 8.45. The zero-order valence-electron chi connectivity index (χ0n) is 19.7. The summed E-state index contributed by atoms with van der Waals surface area (Å²) >= 11 is 5.90. The molecule has 1 N–H and O–H groups in total. The smallest absolute Gasteiger partial charge is 0.266 e. The summed E-state index contributed by atoms with van der Waals surface area (Å²) < 4.78 is 24.7. The van der Waals surface area contributed by atoms with E-state index in [0.717, 1.165) is 11.1 Å². The monoisotopic (exact) mass is 512 g/mol.